The average Bonchev–Trinajstić information content (AvgIpc) is 2.47. The molecular formula is C12H20N4O2S. The fourth-order valence-electron chi connectivity index (χ4n) is 2.22. The number of hydrogen-bond acceptors (Lipinski definition) is 7. The van der Waals surface area contributed by atoms with Crippen LogP contribution in [0.15, 0.2) is 11.2 Å². The molecule has 2 atom stereocenters. The highest BCUT2D eigenvalue weighted by Crippen LogP contribution is 2.26. The number of hydrazine groups is 1. The number of nitrogen functional groups attached to an aromatic ring is 1. The molecule has 0 aromatic carbocycles. The van der Waals surface area contributed by atoms with Crippen molar-refractivity contribution in [2.45, 2.75) is 43.0 Å². The molecule has 7 heteroatoms. The normalized spacial score (nSPS) is 23.1. The van der Waals surface area contributed by atoms with Gasteiger partial charge in [-0.2, -0.15) is 4.98 Å². The third-order valence-electron chi connectivity index (χ3n) is 3.21. The van der Waals surface area contributed by atoms with Gasteiger partial charge in [0.15, 0.2) is 5.16 Å². The smallest absolute Gasteiger partial charge is 0.219 e. The number of nitrogens with zero attached hydrogens (tertiary/aromatic N) is 2. The Bertz CT molecular complexity index is 396. The van der Waals surface area contributed by atoms with Gasteiger partial charge in [-0.1, -0.05) is 11.8 Å². The van der Waals surface area contributed by atoms with E-state index in [4.69, 9.17) is 15.3 Å². The molecule has 1 aromatic heterocycles. The molecule has 1 heterocycles. The van der Waals surface area contributed by atoms with E-state index in [0.29, 0.717) is 16.9 Å². The highest BCUT2D eigenvalue weighted by molar-refractivity contribution is 7.98. The van der Waals surface area contributed by atoms with Crippen LogP contribution in [-0.2, 0) is 4.74 Å². The second-order valence-corrected chi connectivity index (χ2v) is 5.26. The maximum atomic E-state index is 5.93. The summed E-state index contributed by atoms with van der Waals surface area (Å²) in [7, 11) is 1.75. The Kier molecular flexibility index (Phi) is 5.24. The van der Waals surface area contributed by atoms with Crippen molar-refractivity contribution >= 4 is 17.6 Å². The molecule has 0 spiro atoms. The third-order valence-corrected chi connectivity index (χ3v) is 3.76. The lowest BCUT2D eigenvalue weighted by Crippen LogP contribution is -2.29. The summed E-state index contributed by atoms with van der Waals surface area (Å²) < 4.78 is 11.3. The molecule has 1 aromatic rings. The SMILES string of the molecule is COC1CCCC(Oc2cc(NN)nc(SC)n2)C1. The van der Waals surface area contributed by atoms with Gasteiger partial charge in [0.2, 0.25) is 5.88 Å². The van der Waals surface area contributed by atoms with E-state index in [1.54, 1.807) is 13.2 Å². The van der Waals surface area contributed by atoms with Crippen LogP contribution in [0.2, 0.25) is 0 Å². The van der Waals surface area contributed by atoms with Gasteiger partial charge in [0.05, 0.1) is 6.10 Å². The summed E-state index contributed by atoms with van der Waals surface area (Å²) in [4.78, 5) is 8.54. The largest absolute Gasteiger partial charge is 0.474 e. The van der Waals surface area contributed by atoms with Crippen LogP contribution in [0.25, 0.3) is 0 Å². The fourth-order valence-corrected chi connectivity index (χ4v) is 2.59. The average molecular weight is 284 g/mol. The van der Waals surface area contributed by atoms with Gasteiger partial charge >= 0.3 is 0 Å². The van der Waals surface area contributed by atoms with Crippen LogP contribution in [0.5, 0.6) is 5.88 Å². The molecule has 106 valence electrons. The van der Waals surface area contributed by atoms with Crippen molar-refractivity contribution in [3.63, 3.8) is 0 Å². The van der Waals surface area contributed by atoms with E-state index >= 15 is 0 Å². The van der Waals surface area contributed by atoms with Crippen LogP contribution in [0, 0.1) is 0 Å². The molecular weight excluding hydrogens is 264 g/mol. The molecule has 0 aliphatic heterocycles. The number of nitrogens with two attached hydrogens (primary N) is 1. The van der Waals surface area contributed by atoms with Gasteiger partial charge in [0.25, 0.3) is 0 Å². The van der Waals surface area contributed by atoms with Crippen molar-refractivity contribution in [2.75, 3.05) is 18.8 Å². The van der Waals surface area contributed by atoms with E-state index in [2.05, 4.69) is 15.4 Å². The second-order valence-electron chi connectivity index (χ2n) is 4.49. The number of methoxy groups -OCH3 is 1. The second kappa shape index (κ2) is 6.93. The Morgan fingerprint density at radius 2 is 2.16 bits per heavy atom. The lowest BCUT2D eigenvalue weighted by atomic mass is 9.95. The highest BCUT2D eigenvalue weighted by Gasteiger charge is 2.23. The Labute approximate surface area is 117 Å². The fraction of sp³-hybridized carbons (Fsp3) is 0.667. The quantitative estimate of drug-likeness (QED) is 0.369. The molecule has 1 saturated carbocycles. The van der Waals surface area contributed by atoms with Gasteiger partial charge in [-0.05, 0) is 25.5 Å². The van der Waals surface area contributed by atoms with Gasteiger partial charge in [-0.15, -0.1) is 0 Å². The Balaban J connectivity index is 2.05. The van der Waals surface area contributed by atoms with Gasteiger partial charge in [-0.25, -0.2) is 10.8 Å². The minimum Gasteiger partial charge on any atom is -0.474 e. The monoisotopic (exact) mass is 284 g/mol. The molecule has 2 unspecified atom stereocenters. The third kappa shape index (κ3) is 3.95. The molecule has 0 bridgehead atoms. The minimum absolute atomic E-state index is 0.147. The van der Waals surface area contributed by atoms with Crippen LogP contribution >= 0.6 is 11.8 Å². The van der Waals surface area contributed by atoms with Crippen molar-refractivity contribution in [2.24, 2.45) is 5.84 Å². The van der Waals surface area contributed by atoms with Crippen molar-refractivity contribution in [1.29, 1.82) is 0 Å². The zero-order valence-corrected chi connectivity index (χ0v) is 12.1. The predicted molar refractivity (Wildman–Crippen MR) is 75.3 cm³/mol. The van der Waals surface area contributed by atoms with Gasteiger partial charge in [0.1, 0.15) is 11.9 Å². The molecule has 0 radical (unpaired) electrons. The number of anilines is 1. The van der Waals surface area contributed by atoms with E-state index in [-0.39, 0.29) is 12.2 Å². The van der Waals surface area contributed by atoms with Crippen LogP contribution < -0.4 is 16.0 Å². The van der Waals surface area contributed by atoms with Crippen molar-refractivity contribution in [3.8, 4) is 5.88 Å². The number of ether oxygens (including phenoxy) is 2. The number of aromatic nitrogens is 2. The lowest BCUT2D eigenvalue weighted by molar-refractivity contribution is 0.0193. The number of thioether (sulfide) groups is 1. The summed E-state index contributed by atoms with van der Waals surface area (Å²) in [5.41, 5.74) is 2.53. The van der Waals surface area contributed by atoms with Gasteiger partial charge in [-0.3, -0.25) is 0 Å². The Hall–Kier alpha value is -1.05. The van der Waals surface area contributed by atoms with Crippen LogP contribution in [0.1, 0.15) is 25.7 Å². The summed E-state index contributed by atoms with van der Waals surface area (Å²) in [6.45, 7) is 0. The van der Waals surface area contributed by atoms with Crippen molar-refractivity contribution in [3.05, 3.63) is 6.07 Å². The summed E-state index contributed by atoms with van der Waals surface area (Å²) in [6.07, 6.45) is 6.50. The Morgan fingerprint density at radius 3 is 2.84 bits per heavy atom. The van der Waals surface area contributed by atoms with E-state index in [1.807, 2.05) is 6.26 Å². The van der Waals surface area contributed by atoms with Crippen molar-refractivity contribution in [1.82, 2.24) is 9.97 Å². The highest BCUT2D eigenvalue weighted by atomic mass is 32.2. The first-order valence-electron chi connectivity index (χ1n) is 6.34. The topological polar surface area (TPSA) is 82.3 Å². The number of rotatable bonds is 5. The van der Waals surface area contributed by atoms with Crippen LogP contribution in [-0.4, -0.2) is 35.5 Å². The lowest BCUT2D eigenvalue weighted by Gasteiger charge is -2.28. The molecule has 19 heavy (non-hydrogen) atoms. The standard InChI is InChI=1S/C12H20N4O2S/c1-17-8-4-3-5-9(6-8)18-11-7-10(16-13)14-12(15-11)19-2/h7-9H,3-6,13H2,1-2H3,(H,14,15,16). The molecule has 0 amide bonds. The molecule has 0 saturated heterocycles. The number of nitrogens with one attached hydrogen (secondary N) is 1. The zero-order chi connectivity index (χ0) is 13.7. The Morgan fingerprint density at radius 1 is 1.37 bits per heavy atom. The zero-order valence-electron chi connectivity index (χ0n) is 11.3. The molecule has 1 fully saturated rings. The first kappa shape index (κ1) is 14.4. The minimum atomic E-state index is 0.147. The molecule has 6 nitrogen and oxygen atoms in total. The molecule has 3 N–H and O–H groups in total. The summed E-state index contributed by atoms with van der Waals surface area (Å²) in [5.74, 6) is 6.52. The summed E-state index contributed by atoms with van der Waals surface area (Å²) >= 11 is 1.46. The summed E-state index contributed by atoms with van der Waals surface area (Å²) in [5, 5.41) is 0.643. The predicted octanol–water partition coefficient (Wildman–Crippen LogP) is 1.82. The van der Waals surface area contributed by atoms with E-state index in [9.17, 15) is 0 Å². The molecule has 1 aliphatic rings. The van der Waals surface area contributed by atoms with Crippen LogP contribution in [0.4, 0.5) is 5.82 Å². The first-order chi connectivity index (χ1) is 9.25. The first-order valence-corrected chi connectivity index (χ1v) is 7.56. The van der Waals surface area contributed by atoms with Crippen molar-refractivity contribution < 1.29 is 9.47 Å². The summed E-state index contributed by atoms with van der Waals surface area (Å²) in [6, 6.07) is 1.72. The number of hydrogen-bond donors (Lipinski definition) is 2. The van der Waals surface area contributed by atoms with Gasteiger partial charge < -0.3 is 14.9 Å². The molecule has 2 rings (SSSR count). The maximum Gasteiger partial charge on any atom is 0.219 e. The van der Waals surface area contributed by atoms with E-state index < -0.39 is 0 Å². The van der Waals surface area contributed by atoms with E-state index in [0.717, 1.165) is 25.7 Å². The van der Waals surface area contributed by atoms with E-state index in [1.165, 1.54) is 11.8 Å². The maximum absolute atomic E-state index is 5.93. The van der Waals surface area contributed by atoms with Gasteiger partial charge in [0, 0.05) is 19.6 Å². The van der Waals surface area contributed by atoms with Crippen LogP contribution in [0.3, 0.4) is 0 Å². The molecule has 1 aliphatic carbocycles.